The van der Waals surface area contributed by atoms with E-state index in [4.69, 9.17) is 0 Å². The van der Waals surface area contributed by atoms with E-state index in [1.807, 2.05) is 0 Å². The molecule has 0 unspecified atom stereocenters. The van der Waals surface area contributed by atoms with Crippen LogP contribution in [0.15, 0.2) is 12.4 Å². The Morgan fingerprint density at radius 1 is 1.40 bits per heavy atom. The van der Waals surface area contributed by atoms with Gasteiger partial charge in [0.15, 0.2) is 5.78 Å². The van der Waals surface area contributed by atoms with Crippen LogP contribution in [0, 0.1) is 5.41 Å². The molecule has 0 aliphatic carbocycles. The van der Waals surface area contributed by atoms with Gasteiger partial charge in [0.05, 0.1) is 6.20 Å². The Hall–Kier alpha value is -1.23. The summed E-state index contributed by atoms with van der Waals surface area (Å²) in [5, 5.41) is 7.55. The minimum absolute atomic E-state index is 0.0635. The van der Waals surface area contributed by atoms with Crippen molar-refractivity contribution >= 4 is 5.78 Å². The summed E-state index contributed by atoms with van der Waals surface area (Å²) >= 11 is 0. The minimum Gasteiger partial charge on any atom is -0.302 e. The Bertz CT molecular complexity index is 365. The summed E-state index contributed by atoms with van der Waals surface area (Å²) in [4.78, 5) is 14.6. The molecule has 15 heavy (non-hydrogen) atoms. The zero-order valence-electron chi connectivity index (χ0n) is 8.59. The molecule has 5 heteroatoms. The lowest BCUT2D eigenvalue weighted by molar-refractivity contribution is -0.128. The molecule has 2 fully saturated rings. The fourth-order valence-corrected chi connectivity index (χ4v) is 2.72. The van der Waals surface area contributed by atoms with Crippen molar-refractivity contribution in [2.75, 3.05) is 19.6 Å². The molecule has 0 atom stereocenters. The highest BCUT2D eigenvalue weighted by molar-refractivity contribution is 5.85. The molecule has 1 aromatic heterocycles. The maximum absolute atomic E-state index is 12.2. The van der Waals surface area contributed by atoms with E-state index in [1.54, 1.807) is 17.1 Å². The number of carbonyl (C=O) groups excluding carboxylic acids is 1. The third kappa shape index (κ3) is 1.38. The van der Waals surface area contributed by atoms with Crippen molar-refractivity contribution in [1.82, 2.24) is 19.9 Å². The first-order chi connectivity index (χ1) is 7.28. The van der Waals surface area contributed by atoms with Gasteiger partial charge in [0.25, 0.3) is 0 Å². The topological polar surface area (TPSA) is 51.0 Å². The number of Topliss-reactive ketones (excluding diaryl/α,β-unsaturated/α-hetero) is 1. The number of hydrogen-bond acceptors (Lipinski definition) is 4. The van der Waals surface area contributed by atoms with Crippen LogP contribution in [0.5, 0.6) is 0 Å². The van der Waals surface area contributed by atoms with Crippen molar-refractivity contribution < 1.29 is 4.79 Å². The second-order valence-electron chi connectivity index (χ2n) is 4.58. The van der Waals surface area contributed by atoms with Gasteiger partial charge in [-0.15, -0.1) is 5.10 Å². The van der Waals surface area contributed by atoms with Gasteiger partial charge in [0.2, 0.25) is 0 Å². The zero-order chi connectivity index (χ0) is 10.3. The SMILES string of the molecule is O=C(Cn1ccnn1)C12CCN(CC1)C2. The second kappa shape index (κ2) is 3.13. The summed E-state index contributed by atoms with van der Waals surface area (Å²) in [7, 11) is 0. The van der Waals surface area contributed by atoms with E-state index < -0.39 is 0 Å². The fourth-order valence-electron chi connectivity index (χ4n) is 2.72. The molecule has 2 bridgehead atoms. The summed E-state index contributed by atoms with van der Waals surface area (Å²) < 4.78 is 1.62. The number of ketones is 1. The van der Waals surface area contributed by atoms with Gasteiger partial charge in [-0.1, -0.05) is 5.21 Å². The third-order valence-corrected chi connectivity index (χ3v) is 3.71. The van der Waals surface area contributed by atoms with Gasteiger partial charge in [-0.05, 0) is 25.9 Å². The minimum atomic E-state index is -0.0635. The highest BCUT2D eigenvalue weighted by Crippen LogP contribution is 2.41. The smallest absolute Gasteiger partial charge is 0.161 e. The second-order valence-corrected chi connectivity index (χ2v) is 4.58. The summed E-state index contributed by atoms with van der Waals surface area (Å²) in [6, 6.07) is 0. The van der Waals surface area contributed by atoms with Gasteiger partial charge in [0, 0.05) is 18.2 Å². The van der Waals surface area contributed by atoms with Gasteiger partial charge in [-0.3, -0.25) is 4.79 Å². The molecule has 2 saturated heterocycles. The van der Waals surface area contributed by atoms with Crippen LogP contribution in [0.4, 0.5) is 0 Å². The summed E-state index contributed by atoms with van der Waals surface area (Å²) in [6.07, 6.45) is 5.41. The molecule has 0 radical (unpaired) electrons. The lowest BCUT2D eigenvalue weighted by atomic mass is 9.80. The van der Waals surface area contributed by atoms with E-state index in [-0.39, 0.29) is 5.41 Å². The van der Waals surface area contributed by atoms with Crippen LogP contribution in [0.1, 0.15) is 12.8 Å². The molecule has 0 saturated carbocycles. The monoisotopic (exact) mass is 206 g/mol. The predicted octanol–water partition coefficient (Wildman–Crippen LogP) is -0.0570. The Morgan fingerprint density at radius 3 is 2.73 bits per heavy atom. The van der Waals surface area contributed by atoms with Crippen LogP contribution in [-0.4, -0.2) is 45.3 Å². The number of hydrogen-bond donors (Lipinski definition) is 0. The largest absolute Gasteiger partial charge is 0.302 e. The molecule has 3 rings (SSSR count). The summed E-state index contributed by atoms with van der Waals surface area (Å²) in [5.74, 6) is 0.327. The number of rotatable bonds is 3. The first-order valence-electron chi connectivity index (χ1n) is 5.38. The molecular formula is C10H14N4O. The molecule has 0 N–H and O–H groups in total. The van der Waals surface area contributed by atoms with Crippen LogP contribution in [0.25, 0.3) is 0 Å². The Labute approximate surface area is 88.1 Å². The van der Waals surface area contributed by atoms with E-state index in [0.717, 1.165) is 32.5 Å². The molecule has 2 aliphatic heterocycles. The lowest BCUT2D eigenvalue weighted by Crippen LogP contribution is -2.33. The molecule has 0 aromatic carbocycles. The van der Waals surface area contributed by atoms with E-state index >= 15 is 0 Å². The van der Waals surface area contributed by atoms with Gasteiger partial charge in [0.1, 0.15) is 6.54 Å². The molecule has 5 nitrogen and oxygen atoms in total. The fraction of sp³-hybridized carbons (Fsp3) is 0.700. The molecule has 80 valence electrons. The first kappa shape index (κ1) is 9.03. The lowest BCUT2D eigenvalue weighted by Gasteiger charge is -2.23. The molecule has 0 spiro atoms. The van der Waals surface area contributed by atoms with Crippen LogP contribution in [0.3, 0.4) is 0 Å². The number of aromatic nitrogens is 3. The van der Waals surface area contributed by atoms with E-state index in [0.29, 0.717) is 12.3 Å². The van der Waals surface area contributed by atoms with Crippen LogP contribution < -0.4 is 0 Å². The Balaban J connectivity index is 1.75. The highest BCUT2D eigenvalue weighted by Gasteiger charge is 2.48. The third-order valence-electron chi connectivity index (χ3n) is 3.71. The van der Waals surface area contributed by atoms with Crippen molar-refractivity contribution in [3.05, 3.63) is 12.4 Å². The van der Waals surface area contributed by atoms with Gasteiger partial charge in [-0.2, -0.15) is 0 Å². The van der Waals surface area contributed by atoms with Crippen LogP contribution in [0.2, 0.25) is 0 Å². The number of nitrogens with zero attached hydrogens (tertiary/aromatic N) is 4. The zero-order valence-corrected chi connectivity index (χ0v) is 8.59. The number of fused-ring (bicyclic) bond motifs is 2. The van der Waals surface area contributed by atoms with E-state index in [1.165, 1.54) is 0 Å². The Kier molecular flexibility index (Phi) is 1.88. The van der Waals surface area contributed by atoms with Gasteiger partial charge in [-0.25, -0.2) is 4.68 Å². The van der Waals surface area contributed by atoms with Crippen LogP contribution >= 0.6 is 0 Å². The van der Waals surface area contributed by atoms with Crippen molar-refractivity contribution in [2.24, 2.45) is 5.41 Å². The maximum Gasteiger partial charge on any atom is 0.161 e. The average Bonchev–Trinajstić information content (AvgIpc) is 2.93. The normalized spacial score (nSPS) is 33.5. The van der Waals surface area contributed by atoms with Crippen molar-refractivity contribution in [1.29, 1.82) is 0 Å². The van der Waals surface area contributed by atoms with E-state index in [2.05, 4.69) is 15.2 Å². The number of carbonyl (C=O) groups is 1. The number of piperidine rings is 1. The quantitative estimate of drug-likeness (QED) is 0.695. The van der Waals surface area contributed by atoms with Crippen molar-refractivity contribution in [3.63, 3.8) is 0 Å². The summed E-state index contributed by atoms with van der Waals surface area (Å²) in [6.45, 7) is 3.51. The van der Waals surface area contributed by atoms with Gasteiger partial charge >= 0.3 is 0 Å². The standard InChI is InChI=1S/C10H14N4O/c15-9(7-14-6-3-11-12-14)10-1-4-13(8-10)5-2-10/h3,6H,1-2,4-5,7-8H2. The van der Waals surface area contributed by atoms with Crippen LogP contribution in [-0.2, 0) is 11.3 Å². The molecule has 1 aromatic rings. The molecular weight excluding hydrogens is 192 g/mol. The Morgan fingerprint density at radius 2 is 2.20 bits per heavy atom. The molecule has 0 amide bonds. The van der Waals surface area contributed by atoms with Crippen molar-refractivity contribution in [3.8, 4) is 0 Å². The first-order valence-corrected chi connectivity index (χ1v) is 5.38. The van der Waals surface area contributed by atoms with Gasteiger partial charge < -0.3 is 4.90 Å². The van der Waals surface area contributed by atoms with E-state index in [9.17, 15) is 4.79 Å². The maximum atomic E-state index is 12.2. The predicted molar refractivity (Wildman–Crippen MR) is 53.1 cm³/mol. The van der Waals surface area contributed by atoms with Crippen molar-refractivity contribution in [2.45, 2.75) is 19.4 Å². The molecule has 2 aliphatic rings. The molecule has 3 heterocycles. The average molecular weight is 206 g/mol. The summed E-state index contributed by atoms with van der Waals surface area (Å²) in [5.41, 5.74) is -0.0635. The highest BCUT2D eigenvalue weighted by atomic mass is 16.1.